The molecule has 0 saturated heterocycles. The summed E-state index contributed by atoms with van der Waals surface area (Å²) in [5, 5.41) is 10.1. The standard InChI is InChI=1S/C13H21NO/c1-9(2)13(15)12(8-14)11-6-4-5-10(3)7-11/h4-7,9,12-13,15H,8,14H2,1-3H3. The Labute approximate surface area is 92.1 Å². The topological polar surface area (TPSA) is 46.2 Å². The van der Waals surface area contributed by atoms with E-state index in [1.54, 1.807) is 0 Å². The SMILES string of the molecule is Cc1cccc(C(CN)C(O)C(C)C)c1. The summed E-state index contributed by atoms with van der Waals surface area (Å²) in [5.41, 5.74) is 8.08. The fraction of sp³-hybridized carbons (Fsp3) is 0.538. The zero-order chi connectivity index (χ0) is 11.4. The first-order chi connectivity index (χ1) is 7.06. The van der Waals surface area contributed by atoms with Crippen molar-refractivity contribution in [3.05, 3.63) is 35.4 Å². The Morgan fingerprint density at radius 1 is 1.33 bits per heavy atom. The molecule has 15 heavy (non-hydrogen) atoms. The fourth-order valence-corrected chi connectivity index (χ4v) is 1.84. The summed E-state index contributed by atoms with van der Waals surface area (Å²) < 4.78 is 0. The van der Waals surface area contributed by atoms with Crippen molar-refractivity contribution in [2.45, 2.75) is 32.8 Å². The molecule has 84 valence electrons. The van der Waals surface area contributed by atoms with Gasteiger partial charge in [0.2, 0.25) is 0 Å². The third kappa shape index (κ3) is 3.05. The van der Waals surface area contributed by atoms with Crippen molar-refractivity contribution in [2.75, 3.05) is 6.54 Å². The van der Waals surface area contributed by atoms with Crippen molar-refractivity contribution in [1.29, 1.82) is 0 Å². The highest BCUT2D eigenvalue weighted by Crippen LogP contribution is 2.23. The molecule has 0 aromatic heterocycles. The number of hydrogen-bond donors (Lipinski definition) is 2. The molecule has 1 rings (SSSR count). The van der Waals surface area contributed by atoms with Crippen LogP contribution >= 0.6 is 0 Å². The van der Waals surface area contributed by atoms with Crippen LogP contribution in [0.1, 0.15) is 30.9 Å². The zero-order valence-electron chi connectivity index (χ0n) is 9.77. The number of aliphatic hydroxyl groups is 1. The average molecular weight is 207 g/mol. The van der Waals surface area contributed by atoms with E-state index in [9.17, 15) is 5.11 Å². The lowest BCUT2D eigenvalue weighted by molar-refractivity contribution is 0.0985. The second-order valence-corrected chi connectivity index (χ2v) is 4.49. The molecule has 0 aliphatic rings. The predicted molar refractivity (Wildman–Crippen MR) is 63.8 cm³/mol. The van der Waals surface area contributed by atoms with Crippen LogP contribution in [0.4, 0.5) is 0 Å². The monoisotopic (exact) mass is 207 g/mol. The van der Waals surface area contributed by atoms with E-state index in [-0.39, 0.29) is 17.9 Å². The van der Waals surface area contributed by atoms with Crippen molar-refractivity contribution in [1.82, 2.24) is 0 Å². The fourth-order valence-electron chi connectivity index (χ4n) is 1.84. The van der Waals surface area contributed by atoms with Gasteiger partial charge in [0.15, 0.2) is 0 Å². The van der Waals surface area contributed by atoms with Crippen LogP contribution in [0.3, 0.4) is 0 Å². The first-order valence-corrected chi connectivity index (χ1v) is 5.51. The molecule has 3 N–H and O–H groups in total. The highest BCUT2D eigenvalue weighted by molar-refractivity contribution is 5.26. The van der Waals surface area contributed by atoms with Crippen LogP contribution in [0.25, 0.3) is 0 Å². The Morgan fingerprint density at radius 3 is 2.47 bits per heavy atom. The number of benzene rings is 1. The van der Waals surface area contributed by atoms with Gasteiger partial charge in [-0.2, -0.15) is 0 Å². The Hall–Kier alpha value is -0.860. The Kier molecular flexibility index (Phi) is 4.30. The van der Waals surface area contributed by atoms with E-state index < -0.39 is 0 Å². The molecule has 2 atom stereocenters. The molecule has 0 aliphatic carbocycles. The van der Waals surface area contributed by atoms with E-state index in [1.807, 2.05) is 26.0 Å². The highest BCUT2D eigenvalue weighted by Gasteiger charge is 2.22. The van der Waals surface area contributed by atoms with Crippen molar-refractivity contribution < 1.29 is 5.11 Å². The van der Waals surface area contributed by atoms with Crippen molar-refractivity contribution in [3.63, 3.8) is 0 Å². The quantitative estimate of drug-likeness (QED) is 0.793. The number of aryl methyl sites for hydroxylation is 1. The van der Waals surface area contributed by atoms with Crippen molar-refractivity contribution in [3.8, 4) is 0 Å². The van der Waals surface area contributed by atoms with E-state index in [2.05, 4.69) is 19.1 Å². The van der Waals surface area contributed by atoms with Gasteiger partial charge < -0.3 is 10.8 Å². The lowest BCUT2D eigenvalue weighted by atomic mass is 9.87. The molecule has 0 spiro atoms. The third-order valence-electron chi connectivity index (χ3n) is 2.82. The van der Waals surface area contributed by atoms with Crippen LogP contribution in [0.2, 0.25) is 0 Å². The minimum atomic E-state index is -0.364. The van der Waals surface area contributed by atoms with Gasteiger partial charge in [-0.05, 0) is 18.4 Å². The summed E-state index contributed by atoms with van der Waals surface area (Å²) in [6.07, 6.45) is -0.364. The molecule has 0 amide bonds. The summed E-state index contributed by atoms with van der Waals surface area (Å²) in [6, 6.07) is 8.21. The predicted octanol–water partition coefficient (Wildman–Crippen LogP) is 2.05. The average Bonchev–Trinajstić information content (AvgIpc) is 2.18. The van der Waals surface area contributed by atoms with Gasteiger partial charge in [-0.3, -0.25) is 0 Å². The first kappa shape index (κ1) is 12.2. The maximum Gasteiger partial charge on any atom is 0.0643 e. The van der Waals surface area contributed by atoms with Gasteiger partial charge in [-0.25, -0.2) is 0 Å². The molecule has 1 aromatic carbocycles. The number of nitrogens with two attached hydrogens (primary N) is 1. The highest BCUT2D eigenvalue weighted by atomic mass is 16.3. The Morgan fingerprint density at radius 2 is 2.00 bits per heavy atom. The second kappa shape index (κ2) is 5.29. The normalized spacial score (nSPS) is 15.3. The molecule has 0 fully saturated rings. The number of hydrogen-bond acceptors (Lipinski definition) is 2. The van der Waals surface area contributed by atoms with Gasteiger partial charge in [0, 0.05) is 12.5 Å². The minimum Gasteiger partial charge on any atom is -0.392 e. The van der Waals surface area contributed by atoms with Gasteiger partial charge in [-0.15, -0.1) is 0 Å². The lowest BCUT2D eigenvalue weighted by Gasteiger charge is -2.25. The van der Waals surface area contributed by atoms with Gasteiger partial charge in [0.05, 0.1) is 6.10 Å². The summed E-state index contributed by atoms with van der Waals surface area (Å²) in [7, 11) is 0. The zero-order valence-corrected chi connectivity index (χ0v) is 9.77. The molecule has 2 unspecified atom stereocenters. The van der Waals surface area contributed by atoms with Crippen LogP contribution in [0, 0.1) is 12.8 Å². The lowest BCUT2D eigenvalue weighted by Crippen LogP contribution is -2.30. The van der Waals surface area contributed by atoms with E-state index in [0.717, 1.165) is 5.56 Å². The van der Waals surface area contributed by atoms with Crippen LogP contribution in [-0.2, 0) is 0 Å². The Balaban J connectivity index is 2.92. The summed E-state index contributed by atoms with van der Waals surface area (Å²) >= 11 is 0. The van der Waals surface area contributed by atoms with Gasteiger partial charge >= 0.3 is 0 Å². The minimum absolute atomic E-state index is 0.0462. The van der Waals surface area contributed by atoms with Crippen molar-refractivity contribution in [2.24, 2.45) is 11.7 Å². The van der Waals surface area contributed by atoms with Crippen molar-refractivity contribution >= 4 is 0 Å². The molecule has 1 aromatic rings. The first-order valence-electron chi connectivity index (χ1n) is 5.51. The maximum absolute atomic E-state index is 10.1. The molecule has 0 bridgehead atoms. The molecule has 0 heterocycles. The van der Waals surface area contributed by atoms with Gasteiger partial charge in [-0.1, -0.05) is 43.7 Å². The number of rotatable bonds is 4. The molecular weight excluding hydrogens is 186 g/mol. The van der Waals surface area contributed by atoms with Gasteiger partial charge in [0.25, 0.3) is 0 Å². The van der Waals surface area contributed by atoms with Gasteiger partial charge in [0.1, 0.15) is 0 Å². The van der Waals surface area contributed by atoms with E-state index in [4.69, 9.17) is 5.73 Å². The van der Waals surface area contributed by atoms with Crippen LogP contribution in [0.5, 0.6) is 0 Å². The molecule has 0 aliphatic heterocycles. The number of aliphatic hydroxyl groups excluding tert-OH is 1. The maximum atomic E-state index is 10.1. The molecule has 2 nitrogen and oxygen atoms in total. The third-order valence-corrected chi connectivity index (χ3v) is 2.82. The van der Waals surface area contributed by atoms with E-state index in [0.29, 0.717) is 6.54 Å². The smallest absolute Gasteiger partial charge is 0.0643 e. The molecule has 0 saturated carbocycles. The van der Waals surface area contributed by atoms with Crippen LogP contribution < -0.4 is 5.73 Å². The Bertz CT molecular complexity index is 309. The van der Waals surface area contributed by atoms with Crippen LogP contribution in [0.15, 0.2) is 24.3 Å². The largest absolute Gasteiger partial charge is 0.392 e. The summed E-state index contributed by atoms with van der Waals surface area (Å²) in [4.78, 5) is 0. The van der Waals surface area contributed by atoms with E-state index in [1.165, 1.54) is 5.56 Å². The summed E-state index contributed by atoms with van der Waals surface area (Å²) in [6.45, 7) is 6.58. The molecular formula is C13H21NO. The molecule has 2 heteroatoms. The van der Waals surface area contributed by atoms with Crippen LogP contribution in [-0.4, -0.2) is 17.8 Å². The second-order valence-electron chi connectivity index (χ2n) is 4.49. The molecule has 0 radical (unpaired) electrons. The van der Waals surface area contributed by atoms with E-state index >= 15 is 0 Å². The summed E-state index contributed by atoms with van der Waals surface area (Å²) in [5.74, 6) is 0.281.